The number of allylic oxidation sites excluding steroid dienone is 1. The average molecular weight is 249 g/mol. The van der Waals surface area contributed by atoms with Gasteiger partial charge in [-0.3, -0.25) is 4.90 Å². The van der Waals surface area contributed by atoms with Crippen LogP contribution in [-0.4, -0.2) is 29.2 Å². The second-order valence-electron chi connectivity index (χ2n) is 5.36. The molecule has 2 aliphatic rings. The number of ether oxygens (including phenoxy) is 1. The van der Waals surface area contributed by atoms with Gasteiger partial charge in [0.2, 0.25) is 0 Å². The first-order valence-corrected chi connectivity index (χ1v) is 6.86. The Kier molecular flexibility index (Phi) is 3.79. The lowest BCUT2D eigenvalue weighted by molar-refractivity contribution is -0.0662. The van der Waals surface area contributed by atoms with E-state index in [0.717, 1.165) is 19.3 Å². The molecule has 0 radical (unpaired) electrons. The number of hydrogen-bond donors (Lipinski definition) is 0. The number of nitrogens with zero attached hydrogens (tertiary/aromatic N) is 1. The van der Waals surface area contributed by atoms with Crippen LogP contribution < -0.4 is 0 Å². The van der Waals surface area contributed by atoms with Crippen LogP contribution in [0.2, 0.25) is 0 Å². The number of amides is 1. The summed E-state index contributed by atoms with van der Waals surface area (Å²) in [6.45, 7) is 8.41. The normalized spacial score (nSPS) is 35.7. The van der Waals surface area contributed by atoms with Crippen LogP contribution in [-0.2, 0) is 4.74 Å². The first-order valence-electron chi connectivity index (χ1n) is 6.86. The van der Waals surface area contributed by atoms with Crippen LogP contribution in [0.4, 0.5) is 4.79 Å². The van der Waals surface area contributed by atoms with E-state index in [-0.39, 0.29) is 17.7 Å². The number of cyclic esters (lactones) is 1. The van der Waals surface area contributed by atoms with Gasteiger partial charge in [-0.2, -0.15) is 0 Å². The molecule has 0 bridgehead atoms. The molecule has 1 amide bonds. The first-order chi connectivity index (χ1) is 8.65. The molecule has 0 unspecified atom stereocenters. The molecule has 1 aliphatic carbocycles. The van der Waals surface area contributed by atoms with Gasteiger partial charge in [0.05, 0.1) is 5.54 Å². The molecular weight excluding hydrogens is 226 g/mol. The largest absolute Gasteiger partial charge is 0.446 e. The Balaban J connectivity index is 2.35. The number of carbonyl (C=O) groups is 1. The molecule has 100 valence electrons. The smallest absolute Gasteiger partial charge is 0.410 e. The lowest BCUT2D eigenvalue weighted by atomic mass is 9.78. The van der Waals surface area contributed by atoms with Crippen LogP contribution in [0.15, 0.2) is 24.8 Å². The minimum Gasteiger partial charge on any atom is -0.446 e. The molecule has 0 aromatic rings. The van der Waals surface area contributed by atoms with Gasteiger partial charge in [0.1, 0.15) is 6.10 Å². The predicted molar refractivity (Wildman–Crippen MR) is 72.3 cm³/mol. The van der Waals surface area contributed by atoms with Crippen molar-refractivity contribution in [3.63, 3.8) is 0 Å². The Labute approximate surface area is 109 Å². The van der Waals surface area contributed by atoms with Crippen molar-refractivity contribution in [2.24, 2.45) is 5.92 Å². The number of fused-ring (bicyclic) bond motifs is 1. The lowest BCUT2D eigenvalue weighted by Gasteiger charge is -2.50. The fraction of sp³-hybridized carbons (Fsp3) is 0.667. The third-order valence-corrected chi connectivity index (χ3v) is 4.45. The van der Waals surface area contributed by atoms with E-state index in [1.165, 1.54) is 6.42 Å². The van der Waals surface area contributed by atoms with Gasteiger partial charge in [-0.05, 0) is 33.1 Å². The van der Waals surface area contributed by atoms with Crippen molar-refractivity contribution in [2.75, 3.05) is 6.54 Å². The van der Waals surface area contributed by atoms with E-state index in [4.69, 9.17) is 4.74 Å². The number of rotatable bonds is 4. The molecule has 2 rings (SSSR count). The molecule has 1 aliphatic heterocycles. The molecule has 2 fully saturated rings. The SMILES string of the molecule is C=CCN1C(=O)O[C@H](C)[C@H]2CCC[C@]21C/C=C\C. The van der Waals surface area contributed by atoms with E-state index < -0.39 is 0 Å². The quantitative estimate of drug-likeness (QED) is 0.713. The summed E-state index contributed by atoms with van der Waals surface area (Å²) in [5.74, 6) is 0.450. The molecule has 3 nitrogen and oxygen atoms in total. The lowest BCUT2D eigenvalue weighted by Crippen LogP contribution is -2.61. The van der Waals surface area contributed by atoms with Crippen LogP contribution in [0.1, 0.15) is 39.5 Å². The van der Waals surface area contributed by atoms with Crippen LogP contribution in [0.3, 0.4) is 0 Å². The van der Waals surface area contributed by atoms with E-state index in [2.05, 4.69) is 18.7 Å². The van der Waals surface area contributed by atoms with Gasteiger partial charge < -0.3 is 4.74 Å². The summed E-state index contributed by atoms with van der Waals surface area (Å²) in [5.41, 5.74) is -0.0462. The molecule has 18 heavy (non-hydrogen) atoms. The molecule has 1 saturated carbocycles. The first kappa shape index (κ1) is 13.2. The molecule has 1 heterocycles. The summed E-state index contributed by atoms with van der Waals surface area (Å²) in [5, 5.41) is 0. The van der Waals surface area contributed by atoms with Crippen LogP contribution >= 0.6 is 0 Å². The van der Waals surface area contributed by atoms with E-state index >= 15 is 0 Å². The second-order valence-corrected chi connectivity index (χ2v) is 5.36. The van der Waals surface area contributed by atoms with Crippen LogP contribution in [0, 0.1) is 5.92 Å². The molecule has 1 saturated heterocycles. The van der Waals surface area contributed by atoms with Crippen molar-refractivity contribution >= 4 is 6.09 Å². The van der Waals surface area contributed by atoms with Crippen molar-refractivity contribution in [2.45, 2.75) is 51.2 Å². The summed E-state index contributed by atoms with van der Waals surface area (Å²) in [6.07, 6.45) is 10.2. The maximum absolute atomic E-state index is 12.1. The van der Waals surface area contributed by atoms with Crippen LogP contribution in [0.25, 0.3) is 0 Å². The fourth-order valence-corrected chi connectivity index (χ4v) is 3.65. The van der Waals surface area contributed by atoms with E-state index in [1.54, 1.807) is 6.08 Å². The molecule has 3 heteroatoms. The van der Waals surface area contributed by atoms with Crippen molar-refractivity contribution in [3.8, 4) is 0 Å². The molecular formula is C15H23NO2. The third kappa shape index (κ3) is 1.96. The number of hydrogen-bond acceptors (Lipinski definition) is 2. The van der Waals surface area contributed by atoms with Crippen molar-refractivity contribution < 1.29 is 9.53 Å². The zero-order chi connectivity index (χ0) is 13.2. The predicted octanol–water partition coefficient (Wildman–Crippen LogP) is 3.52. The van der Waals surface area contributed by atoms with Gasteiger partial charge in [0.15, 0.2) is 0 Å². The minimum absolute atomic E-state index is 0.0336. The molecule has 0 aromatic heterocycles. The molecule has 0 N–H and O–H groups in total. The highest BCUT2D eigenvalue weighted by Crippen LogP contribution is 2.48. The average Bonchev–Trinajstić information content (AvgIpc) is 2.77. The summed E-state index contributed by atoms with van der Waals surface area (Å²) >= 11 is 0. The summed E-state index contributed by atoms with van der Waals surface area (Å²) in [6, 6.07) is 0. The Morgan fingerprint density at radius 2 is 2.39 bits per heavy atom. The standard InChI is InChI=1S/C15H23NO2/c1-4-6-9-15-10-7-8-13(15)12(3)18-14(17)16(15)11-5-2/h4-6,12-13H,2,7-11H2,1,3H3/b6-4-/t12-,13-,15-/m1/s1. The van der Waals surface area contributed by atoms with Crippen LogP contribution in [0.5, 0.6) is 0 Å². The van der Waals surface area contributed by atoms with E-state index in [1.807, 2.05) is 18.7 Å². The minimum atomic E-state index is -0.176. The van der Waals surface area contributed by atoms with Gasteiger partial charge in [-0.25, -0.2) is 4.79 Å². The zero-order valence-electron chi connectivity index (χ0n) is 11.4. The van der Waals surface area contributed by atoms with Gasteiger partial charge in [-0.15, -0.1) is 6.58 Å². The van der Waals surface area contributed by atoms with Crippen molar-refractivity contribution in [1.82, 2.24) is 4.90 Å². The topological polar surface area (TPSA) is 29.5 Å². The highest BCUT2D eigenvalue weighted by molar-refractivity contribution is 5.70. The van der Waals surface area contributed by atoms with Gasteiger partial charge >= 0.3 is 6.09 Å². The Bertz CT molecular complexity index is 364. The van der Waals surface area contributed by atoms with Gasteiger partial charge in [-0.1, -0.05) is 24.6 Å². The zero-order valence-corrected chi connectivity index (χ0v) is 11.4. The van der Waals surface area contributed by atoms with E-state index in [9.17, 15) is 4.79 Å². The fourth-order valence-electron chi connectivity index (χ4n) is 3.65. The number of carbonyl (C=O) groups excluding carboxylic acids is 1. The van der Waals surface area contributed by atoms with Crippen molar-refractivity contribution in [3.05, 3.63) is 24.8 Å². The third-order valence-electron chi connectivity index (χ3n) is 4.45. The highest BCUT2D eigenvalue weighted by atomic mass is 16.6. The van der Waals surface area contributed by atoms with E-state index in [0.29, 0.717) is 12.5 Å². The Morgan fingerprint density at radius 3 is 3.06 bits per heavy atom. The monoisotopic (exact) mass is 249 g/mol. The highest BCUT2D eigenvalue weighted by Gasteiger charge is 2.54. The second kappa shape index (κ2) is 5.17. The maximum Gasteiger partial charge on any atom is 0.410 e. The summed E-state index contributed by atoms with van der Waals surface area (Å²) in [4.78, 5) is 14.0. The molecule has 0 spiro atoms. The Morgan fingerprint density at radius 1 is 1.61 bits per heavy atom. The Hall–Kier alpha value is -1.25. The maximum atomic E-state index is 12.1. The molecule has 3 atom stereocenters. The van der Waals surface area contributed by atoms with Gasteiger partial charge in [0, 0.05) is 12.5 Å². The molecule has 0 aromatic carbocycles. The van der Waals surface area contributed by atoms with Crippen molar-refractivity contribution in [1.29, 1.82) is 0 Å². The van der Waals surface area contributed by atoms with Gasteiger partial charge in [0.25, 0.3) is 0 Å². The summed E-state index contributed by atoms with van der Waals surface area (Å²) in [7, 11) is 0. The summed E-state index contributed by atoms with van der Waals surface area (Å²) < 4.78 is 5.49.